The molecule has 3 heteroatoms. The number of aryl methyl sites for hydroxylation is 1. The van der Waals surface area contributed by atoms with Crippen molar-refractivity contribution < 1.29 is 9.84 Å². The van der Waals surface area contributed by atoms with E-state index in [-0.39, 0.29) is 6.61 Å². The first-order chi connectivity index (χ1) is 6.70. The standard InChI is InChI=1S/C11H13ClO2/c1-7-4-8(6-13)11(10(12)5-7)14-9-2-3-9/h4-5,9,13H,2-3,6H2,1H3. The van der Waals surface area contributed by atoms with E-state index in [9.17, 15) is 0 Å². The van der Waals surface area contributed by atoms with Gasteiger partial charge in [-0.1, -0.05) is 11.6 Å². The van der Waals surface area contributed by atoms with Gasteiger partial charge < -0.3 is 9.84 Å². The van der Waals surface area contributed by atoms with Crippen molar-refractivity contribution in [3.63, 3.8) is 0 Å². The van der Waals surface area contributed by atoms with Crippen LogP contribution in [0.1, 0.15) is 24.0 Å². The maximum absolute atomic E-state index is 9.16. The first-order valence-corrected chi connectivity index (χ1v) is 5.15. The van der Waals surface area contributed by atoms with E-state index in [0.717, 1.165) is 24.0 Å². The lowest BCUT2D eigenvalue weighted by Gasteiger charge is -2.12. The third-order valence-electron chi connectivity index (χ3n) is 2.24. The van der Waals surface area contributed by atoms with E-state index in [1.807, 2.05) is 19.1 Å². The molecule has 0 unspecified atom stereocenters. The number of ether oxygens (including phenoxy) is 1. The van der Waals surface area contributed by atoms with Gasteiger partial charge in [0.15, 0.2) is 0 Å². The molecule has 0 spiro atoms. The van der Waals surface area contributed by atoms with Crippen molar-refractivity contribution in [3.05, 3.63) is 28.3 Å². The minimum Gasteiger partial charge on any atom is -0.488 e. The average Bonchev–Trinajstić information content (AvgIpc) is 2.93. The van der Waals surface area contributed by atoms with E-state index in [0.29, 0.717) is 16.9 Å². The first-order valence-electron chi connectivity index (χ1n) is 4.77. The molecule has 1 aliphatic rings. The molecule has 0 aromatic heterocycles. The molecule has 14 heavy (non-hydrogen) atoms. The molecule has 2 nitrogen and oxygen atoms in total. The van der Waals surface area contributed by atoms with Crippen LogP contribution in [-0.2, 0) is 6.61 Å². The predicted octanol–water partition coefficient (Wildman–Crippen LogP) is 2.68. The maximum Gasteiger partial charge on any atom is 0.143 e. The van der Waals surface area contributed by atoms with Crippen molar-refractivity contribution in [1.29, 1.82) is 0 Å². The Labute approximate surface area is 88.5 Å². The molecule has 0 heterocycles. The Hall–Kier alpha value is -0.730. The monoisotopic (exact) mass is 212 g/mol. The van der Waals surface area contributed by atoms with Crippen LogP contribution in [0.25, 0.3) is 0 Å². The summed E-state index contributed by atoms with van der Waals surface area (Å²) in [6.45, 7) is 1.93. The lowest BCUT2D eigenvalue weighted by Crippen LogP contribution is -2.01. The van der Waals surface area contributed by atoms with Gasteiger partial charge >= 0.3 is 0 Å². The van der Waals surface area contributed by atoms with Crippen molar-refractivity contribution >= 4 is 11.6 Å². The van der Waals surface area contributed by atoms with Crippen molar-refractivity contribution in [1.82, 2.24) is 0 Å². The summed E-state index contributed by atoms with van der Waals surface area (Å²) in [5.74, 6) is 0.655. The van der Waals surface area contributed by atoms with E-state index in [1.165, 1.54) is 0 Å². The highest BCUT2D eigenvalue weighted by molar-refractivity contribution is 6.32. The summed E-state index contributed by atoms with van der Waals surface area (Å²) in [6.07, 6.45) is 2.49. The smallest absolute Gasteiger partial charge is 0.143 e. The Morgan fingerprint density at radius 2 is 2.21 bits per heavy atom. The molecular weight excluding hydrogens is 200 g/mol. The third kappa shape index (κ3) is 2.02. The summed E-state index contributed by atoms with van der Waals surface area (Å²) < 4.78 is 5.64. The van der Waals surface area contributed by atoms with Crippen LogP contribution in [0.4, 0.5) is 0 Å². The van der Waals surface area contributed by atoms with Gasteiger partial charge in [0.1, 0.15) is 5.75 Å². The Balaban J connectivity index is 2.33. The molecule has 0 radical (unpaired) electrons. The van der Waals surface area contributed by atoms with Crippen molar-refractivity contribution in [3.8, 4) is 5.75 Å². The van der Waals surface area contributed by atoms with E-state index >= 15 is 0 Å². The van der Waals surface area contributed by atoms with E-state index in [4.69, 9.17) is 21.4 Å². The van der Waals surface area contributed by atoms with Crippen molar-refractivity contribution in [2.24, 2.45) is 0 Å². The normalized spacial score (nSPS) is 15.6. The molecule has 0 atom stereocenters. The lowest BCUT2D eigenvalue weighted by atomic mass is 10.1. The Bertz CT molecular complexity index is 345. The number of aliphatic hydroxyl groups is 1. The molecule has 1 aromatic carbocycles. The zero-order valence-corrected chi connectivity index (χ0v) is 8.84. The van der Waals surface area contributed by atoms with Crippen LogP contribution in [-0.4, -0.2) is 11.2 Å². The predicted molar refractivity (Wildman–Crippen MR) is 55.8 cm³/mol. The zero-order chi connectivity index (χ0) is 10.1. The maximum atomic E-state index is 9.16. The van der Waals surface area contributed by atoms with Gasteiger partial charge in [-0.05, 0) is 37.5 Å². The van der Waals surface area contributed by atoms with Crippen molar-refractivity contribution in [2.75, 3.05) is 0 Å². The summed E-state index contributed by atoms with van der Waals surface area (Å²) in [4.78, 5) is 0. The van der Waals surface area contributed by atoms with E-state index < -0.39 is 0 Å². The summed E-state index contributed by atoms with van der Waals surface area (Å²) in [5.41, 5.74) is 1.82. The highest BCUT2D eigenvalue weighted by atomic mass is 35.5. The van der Waals surface area contributed by atoms with Gasteiger partial charge in [0.2, 0.25) is 0 Å². The SMILES string of the molecule is Cc1cc(Cl)c(OC2CC2)c(CO)c1. The second-order valence-corrected chi connectivity index (χ2v) is 4.12. The number of hydrogen-bond donors (Lipinski definition) is 1. The molecule has 0 aliphatic heterocycles. The number of benzene rings is 1. The number of halogens is 1. The number of rotatable bonds is 3. The van der Waals surface area contributed by atoms with E-state index in [2.05, 4.69) is 0 Å². The minimum atomic E-state index is -0.0244. The van der Waals surface area contributed by atoms with Gasteiger partial charge in [0.25, 0.3) is 0 Å². The van der Waals surface area contributed by atoms with Crippen LogP contribution >= 0.6 is 11.6 Å². The Morgan fingerprint density at radius 3 is 2.79 bits per heavy atom. The topological polar surface area (TPSA) is 29.5 Å². The third-order valence-corrected chi connectivity index (χ3v) is 2.52. The molecule has 0 bridgehead atoms. The summed E-state index contributed by atoms with van der Waals surface area (Å²) in [7, 11) is 0. The summed E-state index contributed by atoms with van der Waals surface area (Å²) >= 11 is 6.05. The van der Waals surface area contributed by atoms with Crippen LogP contribution < -0.4 is 4.74 Å². The van der Waals surface area contributed by atoms with Gasteiger partial charge in [-0.15, -0.1) is 0 Å². The molecule has 1 fully saturated rings. The molecule has 1 N–H and O–H groups in total. The fourth-order valence-electron chi connectivity index (χ4n) is 1.40. The summed E-state index contributed by atoms with van der Waals surface area (Å²) in [5, 5.41) is 9.76. The fraction of sp³-hybridized carbons (Fsp3) is 0.455. The van der Waals surface area contributed by atoms with Crippen LogP contribution in [0.15, 0.2) is 12.1 Å². The minimum absolute atomic E-state index is 0.0244. The molecular formula is C11H13ClO2. The fourth-order valence-corrected chi connectivity index (χ4v) is 1.74. The molecule has 0 amide bonds. The Kier molecular flexibility index (Phi) is 2.66. The van der Waals surface area contributed by atoms with Crippen LogP contribution in [0.2, 0.25) is 5.02 Å². The zero-order valence-electron chi connectivity index (χ0n) is 8.09. The van der Waals surface area contributed by atoms with E-state index in [1.54, 1.807) is 0 Å². The second kappa shape index (κ2) is 3.79. The van der Waals surface area contributed by atoms with Gasteiger partial charge in [-0.3, -0.25) is 0 Å². The highest BCUT2D eigenvalue weighted by Gasteiger charge is 2.25. The highest BCUT2D eigenvalue weighted by Crippen LogP contribution is 2.35. The summed E-state index contributed by atoms with van der Waals surface area (Å²) in [6, 6.07) is 3.77. The molecule has 76 valence electrons. The van der Waals surface area contributed by atoms with Gasteiger partial charge in [0, 0.05) is 5.56 Å². The molecule has 0 saturated heterocycles. The molecule has 1 aromatic rings. The molecule has 2 rings (SSSR count). The van der Waals surface area contributed by atoms with Crippen LogP contribution in [0.5, 0.6) is 5.75 Å². The lowest BCUT2D eigenvalue weighted by molar-refractivity contribution is 0.258. The van der Waals surface area contributed by atoms with Crippen LogP contribution in [0, 0.1) is 6.92 Å². The molecule has 1 aliphatic carbocycles. The van der Waals surface area contributed by atoms with Crippen LogP contribution in [0.3, 0.4) is 0 Å². The largest absolute Gasteiger partial charge is 0.488 e. The van der Waals surface area contributed by atoms with Crippen molar-refractivity contribution in [2.45, 2.75) is 32.5 Å². The van der Waals surface area contributed by atoms with Gasteiger partial charge in [0.05, 0.1) is 17.7 Å². The van der Waals surface area contributed by atoms with Gasteiger partial charge in [-0.2, -0.15) is 0 Å². The number of aliphatic hydroxyl groups excluding tert-OH is 1. The average molecular weight is 213 g/mol. The second-order valence-electron chi connectivity index (χ2n) is 3.71. The first kappa shape index (κ1) is 9.81. The number of hydrogen-bond acceptors (Lipinski definition) is 2. The van der Waals surface area contributed by atoms with Gasteiger partial charge in [-0.25, -0.2) is 0 Å². The molecule has 1 saturated carbocycles. The Morgan fingerprint density at radius 1 is 1.50 bits per heavy atom. The quantitative estimate of drug-likeness (QED) is 0.835.